The lowest BCUT2D eigenvalue weighted by Gasteiger charge is -2.33. The second-order valence-corrected chi connectivity index (χ2v) is 9.37. The molecule has 0 radical (unpaired) electrons. The van der Waals surface area contributed by atoms with E-state index >= 15 is 0 Å². The van der Waals surface area contributed by atoms with Crippen LogP contribution in [0.3, 0.4) is 0 Å². The van der Waals surface area contributed by atoms with E-state index in [4.69, 9.17) is 4.99 Å². The molecule has 29 heavy (non-hydrogen) atoms. The quantitative estimate of drug-likeness (QED) is 0.503. The molecule has 1 aliphatic rings. The van der Waals surface area contributed by atoms with Crippen LogP contribution in [0.15, 0.2) is 22.5 Å². The summed E-state index contributed by atoms with van der Waals surface area (Å²) in [5, 5.41) is 17.7. The largest absolute Gasteiger partial charge is 0.356 e. The summed E-state index contributed by atoms with van der Waals surface area (Å²) in [4.78, 5) is 6.22. The van der Waals surface area contributed by atoms with Crippen LogP contribution in [-0.2, 0) is 20.0 Å². The van der Waals surface area contributed by atoms with Crippen LogP contribution in [0.2, 0.25) is 0 Å². The second-order valence-electron chi connectivity index (χ2n) is 8.33. The summed E-state index contributed by atoms with van der Waals surface area (Å²) in [6.07, 6.45) is 7.90. The van der Waals surface area contributed by atoms with Crippen molar-refractivity contribution in [3.63, 3.8) is 0 Å². The summed E-state index contributed by atoms with van der Waals surface area (Å²) in [5.74, 6) is 4.12. The van der Waals surface area contributed by atoms with Gasteiger partial charge < -0.3 is 15.2 Å². The number of aromatic nitrogens is 3. The molecule has 0 amide bonds. The van der Waals surface area contributed by atoms with Gasteiger partial charge in [-0.3, -0.25) is 0 Å². The van der Waals surface area contributed by atoms with Crippen molar-refractivity contribution in [3.8, 4) is 0 Å². The summed E-state index contributed by atoms with van der Waals surface area (Å²) in [7, 11) is 1.99. The summed E-state index contributed by atoms with van der Waals surface area (Å²) >= 11 is 1.81. The summed E-state index contributed by atoms with van der Waals surface area (Å²) < 4.78 is 2.00. The van der Waals surface area contributed by atoms with E-state index in [1.807, 2.05) is 18.5 Å². The first-order chi connectivity index (χ1) is 14.0. The molecule has 7 heteroatoms. The third-order valence-corrected chi connectivity index (χ3v) is 7.29. The average molecular weight is 417 g/mol. The van der Waals surface area contributed by atoms with Crippen LogP contribution in [-0.4, -0.2) is 33.3 Å². The zero-order valence-electron chi connectivity index (χ0n) is 18.3. The minimum atomic E-state index is 0.382. The molecule has 2 unspecified atom stereocenters. The molecule has 2 N–H and O–H groups in total. The molecule has 6 nitrogen and oxygen atoms in total. The molecule has 160 valence electrons. The van der Waals surface area contributed by atoms with Crippen LogP contribution in [0.1, 0.15) is 62.5 Å². The van der Waals surface area contributed by atoms with E-state index in [2.05, 4.69) is 52.2 Å². The Labute approximate surface area is 179 Å². The molecular weight excluding hydrogens is 380 g/mol. The van der Waals surface area contributed by atoms with Gasteiger partial charge in [0, 0.05) is 24.5 Å². The van der Waals surface area contributed by atoms with Gasteiger partial charge in [0.05, 0.1) is 0 Å². The third kappa shape index (κ3) is 6.29. The van der Waals surface area contributed by atoms with Crippen molar-refractivity contribution in [1.82, 2.24) is 25.4 Å². The lowest BCUT2D eigenvalue weighted by atomic mass is 9.78. The van der Waals surface area contributed by atoms with Crippen molar-refractivity contribution < 1.29 is 0 Å². The van der Waals surface area contributed by atoms with Crippen LogP contribution in [0.4, 0.5) is 0 Å². The van der Waals surface area contributed by atoms with E-state index in [1.165, 1.54) is 37.0 Å². The van der Waals surface area contributed by atoms with Gasteiger partial charge in [0.1, 0.15) is 12.4 Å². The van der Waals surface area contributed by atoms with Crippen LogP contribution < -0.4 is 10.6 Å². The Morgan fingerprint density at radius 3 is 2.72 bits per heavy atom. The Kier molecular flexibility index (Phi) is 8.09. The Hall–Kier alpha value is -1.89. The maximum Gasteiger partial charge on any atom is 0.191 e. The molecular formula is C22H36N6S. The van der Waals surface area contributed by atoms with Gasteiger partial charge in [0.25, 0.3) is 0 Å². The number of nitrogens with one attached hydrogen (secondary N) is 2. The maximum absolute atomic E-state index is 4.83. The van der Waals surface area contributed by atoms with Gasteiger partial charge >= 0.3 is 0 Å². The topological polar surface area (TPSA) is 67.1 Å². The van der Waals surface area contributed by atoms with Crippen molar-refractivity contribution >= 4 is 17.3 Å². The molecule has 1 saturated carbocycles. The maximum atomic E-state index is 4.83. The highest BCUT2D eigenvalue weighted by Gasteiger charge is 2.25. The fraction of sp³-hybridized carbons (Fsp3) is 0.682. The second kappa shape index (κ2) is 10.8. The molecule has 0 saturated heterocycles. The van der Waals surface area contributed by atoms with E-state index in [0.29, 0.717) is 18.5 Å². The molecule has 2 aromatic rings. The predicted molar refractivity (Wildman–Crippen MR) is 121 cm³/mol. The van der Waals surface area contributed by atoms with Crippen LogP contribution >= 0.6 is 11.3 Å². The lowest BCUT2D eigenvalue weighted by Crippen LogP contribution is -2.47. The molecule has 2 heterocycles. The molecule has 0 aromatic carbocycles. The molecule has 2 aromatic heterocycles. The smallest absolute Gasteiger partial charge is 0.191 e. The zero-order valence-corrected chi connectivity index (χ0v) is 19.1. The fourth-order valence-corrected chi connectivity index (χ4v) is 4.77. The van der Waals surface area contributed by atoms with Gasteiger partial charge in [-0.1, -0.05) is 45.1 Å². The van der Waals surface area contributed by atoms with Crippen molar-refractivity contribution in [1.29, 1.82) is 0 Å². The molecule has 2 atom stereocenters. The highest BCUT2D eigenvalue weighted by Crippen LogP contribution is 2.31. The van der Waals surface area contributed by atoms with Crippen molar-refractivity contribution in [3.05, 3.63) is 34.0 Å². The van der Waals surface area contributed by atoms with E-state index < -0.39 is 0 Å². The first-order valence-electron chi connectivity index (χ1n) is 11.0. The molecule has 3 rings (SSSR count). The fourth-order valence-electron chi connectivity index (χ4n) is 4.07. The monoisotopic (exact) mass is 416 g/mol. The van der Waals surface area contributed by atoms with Gasteiger partial charge in [-0.25, -0.2) is 4.99 Å². The van der Waals surface area contributed by atoms with Gasteiger partial charge in [0.2, 0.25) is 0 Å². The molecule has 1 aliphatic carbocycles. The van der Waals surface area contributed by atoms with E-state index in [-0.39, 0.29) is 0 Å². The molecule has 1 fully saturated rings. The first-order valence-corrected chi connectivity index (χ1v) is 11.8. The molecule has 0 bridgehead atoms. The third-order valence-electron chi connectivity index (χ3n) is 6.35. The zero-order chi connectivity index (χ0) is 20.6. The Balaban J connectivity index is 1.61. The molecule has 0 spiro atoms. The number of rotatable bonds is 8. The van der Waals surface area contributed by atoms with Crippen molar-refractivity contribution in [2.24, 2.45) is 23.9 Å². The summed E-state index contributed by atoms with van der Waals surface area (Å²) in [6, 6.07) is 4.68. The minimum absolute atomic E-state index is 0.382. The van der Waals surface area contributed by atoms with Crippen LogP contribution in [0.5, 0.6) is 0 Å². The normalized spacial score (nSPS) is 17.9. The number of guanidine groups is 1. The van der Waals surface area contributed by atoms with Crippen molar-refractivity contribution in [2.75, 3.05) is 6.54 Å². The Morgan fingerprint density at radius 1 is 1.28 bits per heavy atom. The minimum Gasteiger partial charge on any atom is -0.356 e. The molecule has 0 aliphatic heterocycles. The van der Waals surface area contributed by atoms with Gasteiger partial charge in [-0.05, 0) is 43.6 Å². The van der Waals surface area contributed by atoms with E-state index in [1.54, 1.807) is 11.3 Å². The van der Waals surface area contributed by atoms with E-state index in [0.717, 1.165) is 36.5 Å². The Morgan fingerprint density at radius 2 is 2.07 bits per heavy atom. The number of aryl methyl sites for hydroxylation is 1. The van der Waals surface area contributed by atoms with Gasteiger partial charge in [0.15, 0.2) is 11.8 Å². The van der Waals surface area contributed by atoms with Crippen molar-refractivity contribution in [2.45, 2.75) is 71.9 Å². The van der Waals surface area contributed by atoms with Gasteiger partial charge in [-0.2, -0.15) is 0 Å². The SMILES string of the molecule is Cc1nnc(CN=C(NCCc2cccs2)NC(C)C(C)C2CCCCC2)n1C. The number of nitrogens with zero attached hydrogens (tertiary/aromatic N) is 4. The number of thiophene rings is 1. The van der Waals surface area contributed by atoms with Crippen LogP contribution in [0, 0.1) is 18.8 Å². The summed E-state index contributed by atoms with van der Waals surface area (Å²) in [5.41, 5.74) is 0. The number of aliphatic imine (C=N–C) groups is 1. The first kappa shape index (κ1) is 21.8. The number of hydrogen-bond donors (Lipinski definition) is 2. The number of hydrogen-bond acceptors (Lipinski definition) is 4. The lowest BCUT2D eigenvalue weighted by molar-refractivity contribution is 0.229. The van der Waals surface area contributed by atoms with Gasteiger partial charge in [-0.15, -0.1) is 21.5 Å². The van der Waals surface area contributed by atoms with E-state index in [9.17, 15) is 0 Å². The average Bonchev–Trinajstić information content (AvgIpc) is 3.36. The predicted octanol–water partition coefficient (Wildman–Crippen LogP) is 4.07. The highest BCUT2D eigenvalue weighted by molar-refractivity contribution is 7.09. The standard InChI is InChI=1S/C22H36N6S/c1-16(19-9-6-5-7-10-19)17(2)25-22(23-13-12-20-11-8-14-29-20)24-15-21-27-26-18(3)28(21)4/h8,11,14,16-17,19H,5-7,9-10,12-13,15H2,1-4H3,(H2,23,24,25). The highest BCUT2D eigenvalue weighted by atomic mass is 32.1. The Bertz CT molecular complexity index is 760. The van der Waals surface area contributed by atoms with Crippen LogP contribution in [0.25, 0.3) is 0 Å². The summed E-state index contributed by atoms with van der Waals surface area (Å²) in [6.45, 7) is 8.04.